The predicted octanol–water partition coefficient (Wildman–Crippen LogP) is 0.0199. The first-order chi connectivity index (χ1) is 6.02. The van der Waals surface area contributed by atoms with Crippen LogP contribution >= 0.6 is 0 Å². The Kier molecular flexibility index (Phi) is 3.70. The van der Waals surface area contributed by atoms with Crippen LogP contribution in [0.25, 0.3) is 0 Å². The Morgan fingerprint density at radius 1 is 1.46 bits per heavy atom. The number of hydrogen-bond donors (Lipinski definition) is 1. The first kappa shape index (κ1) is 10.9. The van der Waals surface area contributed by atoms with Crippen molar-refractivity contribution in [2.75, 3.05) is 26.4 Å². The van der Waals surface area contributed by atoms with E-state index < -0.39 is 10.0 Å². The van der Waals surface area contributed by atoms with E-state index >= 15 is 0 Å². The molecule has 0 bridgehead atoms. The lowest BCUT2D eigenvalue weighted by Crippen LogP contribution is -2.30. The van der Waals surface area contributed by atoms with Gasteiger partial charge < -0.3 is 5.32 Å². The Hall–Kier alpha value is -0.130. The Morgan fingerprint density at radius 3 is 2.62 bits per heavy atom. The van der Waals surface area contributed by atoms with Gasteiger partial charge in [0.15, 0.2) is 0 Å². The first-order valence-corrected chi connectivity index (χ1v) is 6.27. The molecule has 1 saturated heterocycles. The molecule has 0 amide bonds. The van der Waals surface area contributed by atoms with Crippen molar-refractivity contribution in [3.8, 4) is 0 Å². The molecule has 1 heterocycles. The lowest BCUT2D eigenvalue weighted by atomic mass is 10.2. The van der Waals surface area contributed by atoms with Crippen LogP contribution in [0.15, 0.2) is 0 Å². The summed E-state index contributed by atoms with van der Waals surface area (Å²) >= 11 is 0. The van der Waals surface area contributed by atoms with E-state index in [4.69, 9.17) is 0 Å². The van der Waals surface area contributed by atoms with Crippen molar-refractivity contribution in [3.63, 3.8) is 0 Å². The third-order valence-corrected chi connectivity index (χ3v) is 4.31. The van der Waals surface area contributed by atoms with Gasteiger partial charge in [-0.3, -0.25) is 0 Å². The Labute approximate surface area is 80.4 Å². The maximum absolute atomic E-state index is 11.4. The summed E-state index contributed by atoms with van der Waals surface area (Å²) in [6.07, 6.45) is 3.02. The van der Waals surface area contributed by atoms with E-state index in [1.54, 1.807) is 14.1 Å². The molecule has 5 heteroatoms. The van der Waals surface area contributed by atoms with Crippen LogP contribution in [-0.4, -0.2) is 45.2 Å². The van der Waals surface area contributed by atoms with Crippen LogP contribution in [0.2, 0.25) is 0 Å². The third-order valence-electron chi connectivity index (χ3n) is 2.44. The van der Waals surface area contributed by atoms with Gasteiger partial charge in [0.2, 0.25) is 10.0 Å². The summed E-state index contributed by atoms with van der Waals surface area (Å²) in [7, 11) is 0.169. The Balaban J connectivity index is 2.33. The van der Waals surface area contributed by atoms with Crippen molar-refractivity contribution in [2.45, 2.75) is 25.3 Å². The topological polar surface area (TPSA) is 49.4 Å². The minimum Gasteiger partial charge on any atom is -0.314 e. The molecular weight excluding hydrogens is 188 g/mol. The third kappa shape index (κ3) is 3.25. The van der Waals surface area contributed by atoms with Gasteiger partial charge >= 0.3 is 0 Å². The highest BCUT2D eigenvalue weighted by Gasteiger charge is 2.19. The molecule has 0 saturated carbocycles. The molecule has 78 valence electrons. The standard InChI is InChI=1S/C8H18N2O2S/c1-10(2)13(11,12)7-5-8-4-3-6-9-8/h8-9H,3-7H2,1-2H3. The highest BCUT2D eigenvalue weighted by atomic mass is 32.2. The second-order valence-electron chi connectivity index (χ2n) is 3.68. The Morgan fingerprint density at radius 2 is 2.15 bits per heavy atom. The predicted molar refractivity (Wildman–Crippen MR) is 53.1 cm³/mol. The van der Waals surface area contributed by atoms with Crippen LogP contribution in [0.5, 0.6) is 0 Å². The second-order valence-corrected chi connectivity index (χ2v) is 5.98. The highest BCUT2D eigenvalue weighted by molar-refractivity contribution is 7.89. The van der Waals surface area contributed by atoms with Gasteiger partial charge in [0, 0.05) is 20.1 Å². The number of nitrogens with one attached hydrogen (secondary N) is 1. The van der Waals surface area contributed by atoms with E-state index in [1.165, 1.54) is 10.7 Å². The van der Waals surface area contributed by atoms with Gasteiger partial charge in [-0.05, 0) is 25.8 Å². The quantitative estimate of drug-likeness (QED) is 0.705. The molecule has 0 spiro atoms. The SMILES string of the molecule is CN(C)S(=O)(=O)CCC1CCCN1. The Bertz CT molecular complexity index is 243. The van der Waals surface area contributed by atoms with Crippen molar-refractivity contribution in [2.24, 2.45) is 0 Å². The van der Waals surface area contributed by atoms with Gasteiger partial charge in [-0.1, -0.05) is 0 Å². The zero-order valence-electron chi connectivity index (χ0n) is 8.28. The van der Waals surface area contributed by atoms with Crippen LogP contribution in [0.1, 0.15) is 19.3 Å². The summed E-state index contributed by atoms with van der Waals surface area (Å²) < 4.78 is 24.1. The fourth-order valence-corrected chi connectivity index (χ4v) is 2.42. The molecule has 0 aliphatic carbocycles. The van der Waals surface area contributed by atoms with Crippen LogP contribution in [-0.2, 0) is 10.0 Å². The van der Waals surface area contributed by atoms with Gasteiger partial charge in [-0.2, -0.15) is 0 Å². The van der Waals surface area contributed by atoms with E-state index in [1.807, 2.05) is 0 Å². The van der Waals surface area contributed by atoms with Crippen LogP contribution in [0, 0.1) is 0 Å². The van der Waals surface area contributed by atoms with E-state index in [9.17, 15) is 8.42 Å². The van der Waals surface area contributed by atoms with Crippen LogP contribution in [0.3, 0.4) is 0 Å². The van der Waals surface area contributed by atoms with E-state index in [0.717, 1.165) is 19.4 Å². The van der Waals surface area contributed by atoms with Gasteiger partial charge in [0.25, 0.3) is 0 Å². The van der Waals surface area contributed by atoms with Crippen molar-refractivity contribution in [3.05, 3.63) is 0 Å². The van der Waals surface area contributed by atoms with Crippen molar-refractivity contribution >= 4 is 10.0 Å². The van der Waals surface area contributed by atoms with Crippen LogP contribution in [0.4, 0.5) is 0 Å². The molecule has 1 unspecified atom stereocenters. The average Bonchev–Trinajstić information content (AvgIpc) is 2.52. The molecule has 1 aliphatic rings. The maximum Gasteiger partial charge on any atom is 0.213 e. The fraction of sp³-hybridized carbons (Fsp3) is 1.00. The lowest BCUT2D eigenvalue weighted by molar-refractivity contribution is 0.507. The summed E-state index contributed by atoms with van der Waals surface area (Å²) in [4.78, 5) is 0. The summed E-state index contributed by atoms with van der Waals surface area (Å²) in [5.74, 6) is 0.262. The minimum absolute atomic E-state index is 0.262. The molecule has 0 aromatic heterocycles. The minimum atomic E-state index is -2.99. The zero-order valence-corrected chi connectivity index (χ0v) is 9.10. The van der Waals surface area contributed by atoms with Crippen molar-refractivity contribution in [1.29, 1.82) is 0 Å². The van der Waals surface area contributed by atoms with E-state index in [0.29, 0.717) is 6.04 Å². The molecule has 13 heavy (non-hydrogen) atoms. The second kappa shape index (κ2) is 4.39. The van der Waals surface area contributed by atoms with Crippen molar-refractivity contribution < 1.29 is 8.42 Å². The monoisotopic (exact) mass is 206 g/mol. The summed E-state index contributed by atoms with van der Waals surface area (Å²) in [5.41, 5.74) is 0. The molecule has 1 N–H and O–H groups in total. The number of hydrogen-bond acceptors (Lipinski definition) is 3. The van der Waals surface area contributed by atoms with E-state index in [2.05, 4.69) is 5.32 Å². The van der Waals surface area contributed by atoms with Crippen LogP contribution < -0.4 is 5.32 Å². The normalized spacial score (nSPS) is 24.1. The summed E-state index contributed by atoms with van der Waals surface area (Å²) in [5, 5.41) is 3.29. The maximum atomic E-state index is 11.4. The molecule has 0 aromatic carbocycles. The summed E-state index contributed by atoms with van der Waals surface area (Å²) in [6, 6.07) is 0.412. The molecule has 1 rings (SSSR count). The van der Waals surface area contributed by atoms with Gasteiger partial charge in [0.1, 0.15) is 0 Å². The smallest absolute Gasteiger partial charge is 0.213 e. The molecule has 0 radical (unpaired) electrons. The zero-order chi connectivity index (χ0) is 9.90. The largest absolute Gasteiger partial charge is 0.314 e. The van der Waals surface area contributed by atoms with Gasteiger partial charge in [-0.15, -0.1) is 0 Å². The lowest BCUT2D eigenvalue weighted by Gasteiger charge is -2.13. The molecule has 1 atom stereocenters. The summed E-state index contributed by atoms with van der Waals surface area (Å²) in [6.45, 7) is 1.03. The molecule has 1 aliphatic heterocycles. The van der Waals surface area contributed by atoms with E-state index in [-0.39, 0.29) is 5.75 Å². The van der Waals surface area contributed by atoms with Gasteiger partial charge in [-0.25, -0.2) is 12.7 Å². The number of sulfonamides is 1. The molecule has 0 aromatic rings. The first-order valence-electron chi connectivity index (χ1n) is 4.66. The molecular formula is C8H18N2O2S. The fourth-order valence-electron chi connectivity index (χ4n) is 1.48. The van der Waals surface area contributed by atoms with Gasteiger partial charge in [0.05, 0.1) is 5.75 Å². The molecule has 1 fully saturated rings. The highest BCUT2D eigenvalue weighted by Crippen LogP contribution is 2.10. The number of rotatable bonds is 4. The number of nitrogens with zero attached hydrogens (tertiary/aromatic N) is 1. The average molecular weight is 206 g/mol. The van der Waals surface area contributed by atoms with Crippen molar-refractivity contribution in [1.82, 2.24) is 9.62 Å². The molecule has 4 nitrogen and oxygen atoms in total.